The largest absolute Gasteiger partial charge is 0.385 e. The zero-order chi connectivity index (χ0) is 14.6. The van der Waals surface area contributed by atoms with Gasteiger partial charge in [-0.05, 0) is 37.1 Å². The van der Waals surface area contributed by atoms with Crippen molar-refractivity contribution in [2.45, 2.75) is 26.0 Å². The minimum atomic E-state index is -0.405. The lowest BCUT2D eigenvalue weighted by molar-refractivity contribution is 0.245. The Morgan fingerprint density at radius 1 is 1.29 bits per heavy atom. The first-order chi connectivity index (χ1) is 10.1. The smallest absolute Gasteiger partial charge is 0.134 e. The molecule has 0 aliphatic carbocycles. The number of aliphatic hydroxyl groups is 1. The molecule has 2 aliphatic heterocycles. The number of benzene rings is 1. The van der Waals surface area contributed by atoms with Crippen molar-refractivity contribution in [2.75, 3.05) is 6.54 Å². The van der Waals surface area contributed by atoms with Crippen molar-refractivity contribution in [1.82, 2.24) is 14.7 Å². The molecule has 4 rings (SSSR count). The second kappa shape index (κ2) is 4.43. The molecule has 2 aliphatic rings. The highest BCUT2D eigenvalue weighted by Crippen LogP contribution is 2.33. The van der Waals surface area contributed by atoms with Crippen LogP contribution in [0.5, 0.6) is 0 Å². The first kappa shape index (κ1) is 12.6. The SMILES string of the molecule is Cc1cc(-c2ccc3c(c2)CN2CCC(O)C2=N3)n(C)n1. The van der Waals surface area contributed by atoms with Gasteiger partial charge in [-0.15, -0.1) is 0 Å². The van der Waals surface area contributed by atoms with E-state index in [-0.39, 0.29) is 0 Å². The van der Waals surface area contributed by atoms with Crippen LogP contribution in [0, 0.1) is 6.92 Å². The number of aryl methyl sites for hydroxylation is 2. The van der Waals surface area contributed by atoms with Gasteiger partial charge in [0.05, 0.1) is 17.1 Å². The van der Waals surface area contributed by atoms with Crippen molar-refractivity contribution in [3.05, 3.63) is 35.5 Å². The fraction of sp³-hybridized carbons (Fsp3) is 0.375. The molecule has 1 atom stereocenters. The number of nitrogens with zero attached hydrogens (tertiary/aromatic N) is 4. The van der Waals surface area contributed by atoms with Crippen LogP contribution < -0.4 is 0 Å². The molecule has 1 saturated heterocycles. The van der Waals surface area contributed by atoms with Crippen LogP contribution >= 0.6 is 0 Å². The first-order valence-electron chi connectivity index (χ1n) is 7.27. The second-order valence-electron chi connectivity index (χ2n) is 5.83. The van der Waals surface area contributed by atoms with E-state index < -0.39 is 6.10 Å². The molecule has 5 heteroatoms. The predicted molar refractivity (Wildman–Crippen MR) is 81.5 cm³/mol. The van der Waals surface area contributed by atoms with Crippen LogP contribution in [0.2, 0.25) is 0 Å². The van der Waals surface area contributed by atoms with Crippen LogP contribution in [0.15, 0.2) is 29.3 Å². The van der Waals surface area contributed by atoms with Gasteiger partial charge in [-0.3, -0.25) is 4.68 Å². The number of aromatic nitrogens is 2. The predicted octanol–water partition coefficient (Wildman–Crippen LogP) is 2.01. The summed E-state index contributed by atoms with van der Waals surface area (Å²) >= 11 is 0. The van der Waals surface area contributed by atoms with Crippen LogP contribution in [0.25, 0.3) is 11.3 Å². The highest BCUT2D eigenvalue weighted by molar-refractivity contribution is 5.92. The van der Waals surface area contributed by atoms with E-state index in [0.717, 1.165) is 48.0 Å². The van der Waals surface area contributed by atoms with Gasteiger partial charge in [-0.2, -0.15) is 5.10 Å². The minimum Gasteiger partial charge on any atom is -0.385 e. The van der Waals surface area contributed by atoms with Gasteiger partial charge >= 0.3 is 0 Å². The zero-order valence-electron chi connectivity index (χ0n) is 12.2. The maximum atomic E-state index is 9.94. The maximum absolute atomic E-state index is 9.94. The third kappa shape index (κ3) is 1.96. The van der Waals surface area contributed by atoms with Crippen molar-refractivity contribution in [2.24, 2.45) is 12.0 Å². The summed E-state index contributed by atoms with van der Waals surface area (Å²) in [7, 11) is 1.97. The van der Waals surface area contributed by atoms with Crippen molar-refractivity contribution in [3.8, 4) is 11.3 Å². The number of aliphatic hydroxyl groups excluding tert-OH is 1. The topological polar surface area (TPSA) is 53.6 Å². The average molecular weight is 282 g/mol. The monoisotopic (exact) mass is 282 g/mol. The first-order valence-corrected chi connectivity index (χ1v) is 7.27. The van der Waals surface area contributed by atoms with Gasteiger partial charge in [0, 0.05) is 25.7 Å². The zero-order valence-corrected chi connectivity index (χ0v) is 12.2. The number of rotatable bonds is 1. The van der Waals surface area contributed by atoms with Crippen molar-refractivity contribution in [1.29, 1.82) is 0 Å². The van der Waals surface area contributed by atoms with E-state index in [1.54, 1.807) is 0 Å². The highest BCUT2D eigenvalue weighted by atomic mass is 16.3. The number of hydrogen-bond acceptors (Lipinski definition) is 4. The third-order valence-electron chi connectivity index (χ3n) is 4.27. The number of aliphatic imine (C=N–C) groups is 1. The molecule has 1 N–H and O–H groups in total. The number of amidine groups is 1. The van der Waals surface area contributed by atoms with Crippen LogP contribution in [0.1, 0.15) is 17.7 Å². The van der Waals surface area contributed by atoms with Crippen molar-refractivity contribution < 1.29 is 5.11 Å². The van der Waals surface area contributed by atoms with Gasteiger partial charge in [-0.25, -0.2) is 4.99 Å². The molecule has 1 aromatic heterocycles. The molecular formula is C16H18N4O. The Labute approximate surface area is 123 Å². The summed E-state index contributed by atoms with van der Waals surface area (Å²) in [5.41, 5.74) is 5.49. The van der Waals surface area contributed by atoms with Crippen LogP contribution in [-0.4, -0.2) is 38.3 Å². The van der Waals surface area contributed by atoms with E-state index in [4.69, 9.17) is 0 Å². The van der Waals surface area contributed by atoms with E-state index in [1.165, 1.54) is 5.56 Å². The summed E-state index contributed by atoms with van der Waals surface area (Å²) < 4.78 is 1.91. The lowest BCUT2D eigenvalue weighted by atomic mass is 10.0. The molecule has 0 amide bonds. The average Bonchev–Trinajstić information content (AvgIpc) is 2.99. The van der Waals surface area contributed by atoms with E-state index >= 15 is 0 Å². The van der Waals surface area contributed by atoms with E-state index in [0.29, 0.717) is 0 Å². The molecule has 0 spiro atoms. The number of hydrogen-bond donors (Lipinski definition) is 1. The fourth-order valence-corrected chi connectivity index (χ4v) is 3.23. The Bertz CT molecular complexity index is 747. The molecule has 108 valence electrons. The normalized spacial score (nSPS) is 20.2. The number of fused-ring (bicyclic) bond motifs is 2. The quantitative estimate of drug-likeness (QED) is 0.870. The summed E-state index contributed by atoms with van der Waals surface area (Å²) in [5.74, 6) is 0.826. The summed E-state index contributed by atoms with van der Waals surface area (Å²) in [5, 5.41) is 14.3. The Balaban J connectivity index is 1.77. The molecule has 3 heterocycles. The van der Waals surface area contributed by atoms with E-state index in [9.17, 15) is 5.11 Å². The Morgan fingerprint density at radius 2 is 2.14 bits per heavy atom. The molecule has 5 nitrogen and oxygen atoms in total. The van der Waals surface area contributed by atoms with Crippen LogP contribution in [-0.2, 0) is 13.6 Å². The van der Waals surface area contributed by atoms with Crippen molar-refractivity contribution >= 4 is 11.5 Å². The molecule has 0 saturated carbocycles. The summed E-state index contributed by atoms with van der Waals surface area (Å²) in [6.07, 6.45) is 0.373. The van der Waals surface area contributed by atoms with E-state index in [2.05, 4.69) is 33.2 Å². The van der Waals surface area contributed by atoms with Gasteiger partial charge in [0.15, 0.2) is 0 Å². The lowest BCUT2D eigenvalue weighted by Gasteiger charge is -2.25. The second-order valence-corrected chi connectivity index (χ2v) is 5.83. The molecule has 2 aromatic rings. The molecule has 1 fully saturated rings. The highest BCUT2D eigenvalue weighted by Gasteiger charge is 2.31. The lowest BCUT2D eigenvalue weighted by Crippen LogP contribution is -2.31. The van der Waals surface area contributed by atoms with Gasteiger partial charge in [0.2, 0.25) is 0 Å². The van der Waals surface area contributed by atoms with Gasteiger partial charge in [-0.1, -0.05) is 6.07 Å². The molecule has 0 radical (unpaired) electrons. The third-order valence-corrected chi connectivity index (χ3v) is 4.27. The van der Waals surface area contributed by atoms with Gasteiger partial charge in [0.25, 0.3) is 0 Å². The maximum Gasteiger partial charge on any atom is 0.134 e. The molecule has 21 heavy (non-hydrogen) atoms. The fourth-order valence-electron chi connectivity index (χ4n) is 3.23. The standard InChI is InChI=1S/C16H18N4O/c1-10-7-14(19(2)18-10)11-3-4-13-12(8-11)9-20-6-5-15(21)16(20)17-13/h3-4,7-8,15,21H,5-6,9H2,1-2H3. The summed E-state index contributed by atoms with van der Waals surface area (Å²) in [4.78, 5) is 6.79. The Hall–Kier alpha value is -2.14. The molecule has 0 bridgehead atoms. The molecule has 1 unspecified atom stereocenters. The Kier molecular flexibility index (Phi) is 2.65. The van der Waals surface area contributed by atoms with Crippen LogP contribution in [0.4, 0.5) is 5.69 Å². The Morgan fingerprint density at radius 3 is 2.90 bits per heavy atom. The molecule has 1 aromatic carbocycles. The van der Waals surface area contributed by atoms with Crippen molar-refractivity contribution in [3.63, 3.8) is 0 Å². The molecular weight excluding hydrogens is 264 g/mol. The van der Waals surface area contributed by atoms with Crippen LogP contribution in [0.3, 0.4) is 0 Å². The minimum absolute atomic E-state index is 0.405. The van der Waals surface area contributed by atoms with Gasteiger partial charge < -0.3 is 10.0 Å². The van der Waals surface area contributed by atoms with Gasteiger partial charge in [0.1, 0.15) is 11.9 Å². The summed E-state index contributed by atoms with van der Waals surface area (Å²) in [6.45, 7) is 3.72. The van der Waals surface area contributed by atoms with E-state index in [1.807, 2.05) is 24.7 Å². The summed E-state index contributed by atoms with van der Waals surface area (Å²) in [6, 6.07) is 8.41.